The molecular weight excluding hydrogens is 283 g/mol. The molecule has 1 aliphatic heterocycles. The Bertz CT molecular complexity index is 500. The van der Waals surface area contributed by atoms with Crippen LogP contribution in [0.4, 0.5) is 22.0 Å². The van der Waals surface area contributed by atoms with Gasteiger partial charge in [0.2, 0.25) is 5.82 Å². The molecule has 1 aromatic carbocycles. The first-order valence-electron chi connectivity index (χ1n) is 5.97. The quantitative estimate of drug-likeness (QED) is 0.776. The third-order valence-corrected chi connectivity index (χ3v) is 3.57. The van der Waals surface area contributed by atoms with Gasteiger partial charge < -0.3 is 9.47 Å². The van der Waals surface area contributed by atoms with Crippen LogP contribution in [0, 0.1) is 17.6 Å². The van der Waals surface area contributed by atoms with E-state index in [4.69, 9.17) is 9.47 Å². The van der Waals surface area contributed by atoms with Crippen LogP contribution in [-0.2, 0) is 4.74 Å². The van der Waals surface area contributed by atoms with Crippen molar-refractivity contribution in [2.24, 2.45) is 5.92 Å². The first-order chi connectivity index (χ1) is 9.27. The van der Waals surface area contributed by atoms with Crippen LogP contribution in [0.5, 0.6) is 5.75 Å². The van der Waals surface area contributed by atoms with Gasteiger partial charge in [0.05, 0.1) is 13.7 Å². The molecule has 1 aliphatic rings. The van der Waals surface area contributed by atoms with Crippen LogP contribution in [0.25, 0.3) is 0 Å². The van der Waals surface area contributed by atoms with E-state index in [-0.39, 0.29) is 17.9 Å². The molecule has 2 nitrogen and oxygen atoms in total. The average molecular weight is 296 g/mol. The lowest BCUT2D eigenvalue weighted by Gasteiger charge is -2.22. The van der Waals surface area contributed by atoms with Crippen LogP contribution in [0.3, 0.4) is 0 Å². The highest BCUT2D eigenvalue weighted by Crippen LogP contribution is 2.45. The predicted molar refractivity (Wildman–Crippen MR) is 60.6 cm³/mol. The molecule has 7 heteroatoms. The summed E-state index contributed by atoms with van der Waals surface area (Å²) in [5.74, 6) is -4.29. The molecule has 0 bridgehead atoms. The largest absolute Gasteiger partial charge is 0.493 e. The van der Waals surface area contributed by atoms with Gasteiger partial charge in [-0.15, -0.1) is 0 Å². The normalized spacial score (nSPS) is 26.9. The van der Waals surface area contributed by atoms with E-state index in [0.717, 1.165) is 13.2 Å². The summed E-state index contributed by atoms with van der Waals surface area (Å²) in [4.78, 5) is 0. The molecule has 0 aromatic heterocycles. The topological polar surface area (TPSA) is 18.5 Å². The number of benzene rings is 1. The van der Waals surface area contributed by atoms with E-state index in [1.807, 2.05) is 0 Å². The van der Waals surface area contributed by atoms with Crippen molar-refractivity contribution >= 4 is 0 Å². The summed E-state index contributed by atoms with van der Waals surface area (Å²) < 4.78 is 74.5. The summed E-state index contributed by atoms with van der Waals surface area (Å²) in [5.41, 5.74) is 0.186. The third-order valence-electron chi connectivity index (χ3n) is 3.57. The number of methoxy groups -OCH3 is 1. The first-order valence-corrected chi connectivity index (χ1v) is 5.97. The Morgan fingerprint density at radius 3 is 2.40 bits per heavy atom. The van der Waals surface area contributed by atoms with Gasteiger partial charge in [0.1, 0.15) is 0 Å². The predicted octanol–water partition coefficient (Wildman–Crippen LogP) is 3.65. The second kappa shape index (κ2) is 5.20. The number of alkyl halides is 3. The van der Waals surface area contributed by atoms with Crippen molar-refractivity contribution in [2.75, 3.05) is 13.7 Å². The Morgan fingerprint density at radius 1 is 1.25 bits per heavy atom. The SMILES string of the molecule is COc1c([C@@H]2CO[C@H](C(F)(F)F)[C@@H]2C)ccc(F)c1F. The molecule has 0 radical (unpaired) electrons. The van der Waals surface area contributed by atoms with Crippen molar-refractivity contribution in [3.8, 4) is 5.75 Å². The van der Waals surface area contributed by atoms with E-state index in [1.165, 1.54) is 13.0 Å². The van der Waals surface area contributed by atoms with E-state index in [9.17, 15) is 22.0 Å². The van der Waals surface area contributed by atoms with Crippen molar-refractivity contribution in [2.45, 2.75) is 25.1 Å². The van der Waals surface area contributed by atoms with Gasteiger partial charge in [0.25, 0.3) is 0 Å². The van der Waals surface area contributed by atoms with Crippen LogP contribution in [0.15, 0.2) is 12.1 Å². The summed E-state index contributed by atoms with van der Waals surface area (Å²) in [6.07, 6.45) is -6.40. The van der Waals surface area contributed by atoms with Gasteiger partial charge in [-0.3, -0.25) is 0 Å². The molecule has 112 valence electrons. The Hall–Kier alpha value is -1.37. The molecule has 2 rings (SSSR count). The monoisotopic (exact) mass is 296 g/mol. The highest BCUT2D eigenvalue weighted by atomic mass is 19.4. The van der Waals surface area contributed by atoms with E-state index in [1.54, 1.807) is 0 Å². The minimum absolute atomic E-state index is 0.186. The fourth-order valence-corrected chi connectivity index (χ4v) is 2.53. The highest BCUT2D eigenvalue weighted by Gasteiger charge is 2.51. The first kappa shape index (κ1) is 15.0. The Balaban J connectivity index is 2.37. The molecule has 0 aliphatic carbocycles. The summed E-state index contributed by atoms with van der Waals surface area (Å²) >= 11 is 0. The van der Waals surface area contributed by atoms with Crippen LogP contribution in [0.1, 0.15) is 18.4 Å². The molecule has 0 amide bonds. The molecule has 1 heterocycles. The second-order valence-corrected chi connectivity index (χ2v) is 4.74. The molecule has 0 spiro atoms. The van der Waals surface area contributed by atoms with Crippen LogP contribution >= 0.6 is 0 Å². The van der Waals surface area contributed by atoms with Crippen molar-refractivity contribution in [1.82, 2.24) is 0 Å². The zero-order valence-corrected chi connectivity index (χ0v) is 10.8. The lowest BCUT2D eigenvalue weighted by Crippen LogP contribution is -2.33. The standard InChI is InChI=1S/C13H13F5O2/c1-6-8(5-20-12(6)13(16,17)18)7-3-4-9(14)10(15)11(7)19-2/h3-4,6,8,12H,5H2,1-2H3/t6-,8-,12+/m1/s1. The van der Waals surface area contributed by atoms with Crippen molar-refractivity contribution in [3.63, 3.8) is 0 Å². The average Bonchev–Trinajstić information content (AvgIpc) is 2.74. The van der Waals surface area contributed by atoms with Crippen molar-refractivity contribution < 1.29 is 31.4 Å². The molecule has 20 heavy (non-hydrogen) atoms. The van der Waals surface area contributed by atoms with Crippen LogP contribution in [-0.4, -0.2) is 26.0 Å². The fraction of sp³-hybridized carbons (Fsp3) is 0.538. The van der Waals surface area contributed by atoms with Gasteiger partial charge in [-0.1, -0.05) is 13.0 Å². The number of ether oxygens (including phenoxy) is 2. The van der Waals surface area contributed by atoms with Crippen LogP contribution < -0.4 is 4.74 Å². The van der Waals surface area contributed by atoms with Gasteiger partial charge in [0, 0.05) is 17.4 Å². The smallest absolute Gasteiger partial charge is 0.414 e. The van der Waals surface area contributed by atoms with Gasteiger partial charge in [0.15, 0.2) is 17.7 Å². The summed E-state index contributed by atoms with van der Waals surface area (Å²) in [5, 5.41) is 0. The molecule has 3 atom stereocenters. The zero-order valence-electron chi connectivity index (χ0n) is 10.8. The lowest BCUT2D eigenvalue weighted by molar-refractivity contribution is -0.215. The van der Waals surface area contributed by atoms with E-state index in [2.05, 4.69) is 0 Å². The second-order valence-electron chi connectivity index (χ2n) is 4.74. The molecule has 0 unspecified atom stereocenters. The van der Waals surface area contributed by atoms with Gasteiger partial charge in [-0.2, -0.15) is 17.6 Å². The summed E-state index contributed by atoms with van der Waals surface area (Å²) in [6, 6.07) is 2.11. The van der Waals surface area contributed by atoms with E-state index < -0.39 is 35.8 Å². The number of hydrogen-bond acceptors (Lipinski definition) is 2. The zero-order chi connectivity index (χ0) is 15.1. The Kier molecular flexibility index (Phi) is 3.90. The molecule has 0 saturated carbocycles. The van der Waals surface area contributed by atoms with E-state index >= 15 is 0 Å². The third kappa shape index (κ3) is 2.46. The maximum Gasteiger partial charge on any atom is 0.414 e. The molecule has 0 N–H and O–H groups in total. The number of halogens is 5. The van der Waals surface area contributed by atoms with Gasteiger partial charge in [-0.05, 0) is 6.07 Å². The van der Waals surface area contributed by atoms with Crippen LogP contribution in [0.2, 0.25) is 0 Å². The maximum absolute atomic E-state index is 13.6. The maximum atomic E-state index is 13.6. The molecule has 1 fully saturated rings. The number of rotatable bonds is 2. The van der Waals surface area contributed by atoms with Gasteiger partial charge >= 0.3 is 6.18 Å². The Morgan fingerprint density at radius 2 is 1.90 bits per heavy atom. The minimum Gasteiger partial charge on any atom is -0.493 e. The lowest BCUT2D eigenvalue weighted by atomic mass is 9.86. The van der Waals surface area contributed by atoms with E-state index in [0.29, 0.717) is 0 Å². The van der Waals surface area contributed by atoms with Crippen molar-refractivity contribution in [3.05, 3.63) is 29.3 Å². The number of hydrogen-bond donors (Lipinski definition) is 0. The fourth-order valence-electron chi connectivity index (χ4n) is 2.53. The molecular formula is C13H13F5O2. The Labute approximate surface area is 112 Å². The van der Waals surface area contributed by atoms with Crippen molar-refractivity contribution in [1.29, 1.82) is 0 Å². The minimum atomic E-state index is -4.49. The highest BCUT2D eigenvalue weighted by molar-refractivity contribution is 5.39. The molecule has 1 aromatic rings. The summed E-state index contributed by atoms with van der Waals surface area (Å²) in [7, 11) is 1.14. The molecule has 1 saturated heterocycles. The van der Waals surface area contributed by atoms with Gasteiger partial charge in [-0.25, -0.2) is 4.39 Å². The summed E-state index contributed by atoms with van der Waals surface area (Å²) in [6.45, 7) is 1.16.